The van der Waals surface area contributed by atoms with Crippen molar-refractivity contribution >= 4 is 0 Å². The first-order valence-electron chi connectivity index (χ1n) is 3.55. The molecule has 1 fully saturated rings. The fourth-order valence-electron chi connectivity index (χ4n) is 1.21. The highest BCUT2D eigenvalue weighted by Crippen LogP contribution is 2.20. The van der Waals surface area contributed by atoms with Crippen molar-refractivity contribution in [1.29, 1.82) is 0 Å². The van der Waals surface area contributed by atoms with Gasteiger partial charge >= 0.3 is 0 Å². The predicted molar refractivity (Wildman–Crippen MR) is 36.0 cm³/mol. The first-order chi connectivity index (χ1) is 5.46. The van der Waals surface area contributed by atoms with Crippen LogP contribution in [-0.4, -0.2) is 67.3 Å². The fraction of sp³-hybridized carbons (Fsp3) is 1.00. The van der Waals surface area contributed by atoms with E-state index in [1.807, 2.05) is 0 Å². The highest BCUT2D eigenvalue weighted by Gasteiger charge is 2.47. The molecule has 1 saturated carbocycles. The Hall–Kier alpha value is -0.240. The summed E-state index contributed by atoms with van der Waals surface area (Å²) in [4.78, 5) is 0. The van der Waals surface area contributed by atoms with E-state index in [2.05, 4.69) is 0 Å². The minimum absolute atomic E-state index is 1.64. The Morgan fingerprint density at radius 3 is 0.500 bits per heavy atom. The smallest absolute Gasteiger partial charge is 0.111 e. The Labute approximate surface area is 68.3 Å². The van der Waals surface area contributed by atoms with E-state index in [9.17, 15) is 0 Å². The molecule has 0 aromatic heterocycles. The van der Waals surface area contributed by atoms with Crippen molar-refractivity contribution in [2.24, 2.45) is 0 Å². The molecule has 0 atom stereocenters. The van der Waals surface area contributed by atoms with Crippen molar-refractivity contribution in [3.8, 4) is 0 Å². The van der Waals surface area contributed by atoms with Crippen LogP contribution in [0.25, 0.3) is 0 Å². The summed E-state index contributed by atoms with van der Waals surface area (Å²) in [6, 6.07) is 0. The second kappa shape index (κ2) is 3.25. The lowest BCUT2D eigenvalue weighted by Gasteiger charge is -2.39. The van der Waals surface area contributed by atoms with Crippen molar-refractivity contribution in [3.63, 3.8) is 0 Å². The molecule has 0 bridgehead atoms. The van der Waals surface area contributed by atoms with Gasteiger partial charge in [-0.2, -0.15) is 0 Å². The fourth-order valence-corrected chi connectivity index (χ4v) is 1.21. The van der Waals surface area contributed by atoms with Crippen molar-refractivity contribution < 1.29 is 30.6 Å². The van der Waals surface area contributed by atoms with Gasteiger partial charge in [-0.15, -0.1) is 0 Å². The van der Waals surface area contributed by atoms with E-state index < -0.39 is 36.6 Å². The van der Waals surface area contributed by atoms with E-state index in [0.29, 0.717) is 0 Å². The first kappa shape index (κ1) is 9.85. The van der Waals surface area contributed by atoms with Gasteiger partial charge in [0, 0.05) is 0 Å². The molecule has 6 heteroatoms. The maximum Gasteiger partial charge on any atom is 0.111 e. The van der Waals surface area contributed by atoms with E-state index in [-0.39, 0.29) is 0 Å². The van der Waals surface area contributed by atoms with Crippen LogP contribution < -0.4 is 0 Å². The largest absolute Gasteiger partial charge is 0.387 e. The zero-order valence-electron chi connectivity index (χ0n) is 6.15. The van der Waals surface area contributed by atoms with Crippen LogP contribution in [-0.2, 0) is 0 Å². The minimum Gasteiger partial charge on any atom is -0.387 e. The SMILES string of the molecule is O[C@H]1[C@@H](O)[C@@H](O)[C@@H](O)[C@@H](O)[C@@H]1O. The van der Waals surface area contributed by atoms with Gasteiger partial charge in [-0.1, -0.05) is 0 Å². The molecule has 0 heterocycles. The molecule has 1 rings (SSSR count). The van der Waals surface area contributed by atoms with Crippen LogP contribution in [0.1, 0.15) is 0 Å². The summed E-state index contributed by atoms with van der Waals surface area (Å²) >= 11 is 0. The lowest BCUT2D eigenvalue weighted by Crippen LogP contribution is -2.63. The summed E-state index contributed by atoms with van der Waals surface area (Å²) in [7, 11) is 0. The van der Waals surface area contributed by atoms with Gasteiger partial charge in [0.1, 0.15) is 36.6 Å². The van der Waals surface area contributed by atoms with E-state index in [1.165, 1.54) is 0 Å². The normalized spacial score (nSPS) is 55.5. The number of aliphatic hydroxyl groups excluding tert-OH is 6. The zero-order valence-corrected chi connectivity index (χ0v) is 6.15. The maximum atomic E-state index is 8.97. The van der Waals surface area contributed by atoms with Gasteiger partial charge in [-0.3, -0.25) is 0 Å². The van der Waals surface area contributed by atoms with E-state index in [0.717, 1.165) is 0 Å². The van der Waals surface area contributed by atoms with Gasteiger partial charge in [0.05, 0.1) is 0 Å². The van der Waals surface area contributed by atoms with Crippen LogP contribution in [0.5, 0.6) is 0 Å². The standard InChI is InChI=1S/C6H12O6/c7-1-2(8)4(10)6(12)5(11)3(1)9/h1-12H/t1-,2-,3-,4+,5-,6+. The Kier molecular flexibility index (Phi) is 2.67. The molecule has 0 aromatic rings. The van der Waals surface area contributed by atoms with Crippen molar-refractivity contribution in [2.45, 2.75) is 36.6 Å². The lowest BCUT2D eigenvalue weighted by atomic mass is 9.85. The molecular formula is C6H12O6. The molecular weight excluding hydrogens is 168 g/mol. The number of hydrogen-bond donors (Lipinski definition) is 6. The Morgan fingerprint density at radius 1 is 0.333 bits per heavy atom. The average molecular weight is 180 g/mol. The molecule has 0 aromatic carbocycles. The van der Waals surface area contributed by atoms with Crippen LogP contribution in [0, 0.1) is 0 Å². The van der Waals surface area contributed by atoms with Crippen molar-refractivity contribution in [2.75, 3.05) is 0 Å². The molecule has 6 nitrogen and oxygen atoms in total. The van der Waals surface area contributed by atoms with E-state index in [4.69, 9.17) is 30.6 Å². The highest BCUT2D eigenvalue weighted by atomic mass is 16.4. The summed E-state index contributed by atoms with van der Waals surface area (Å²) in [6.45, 7) is 0. The summed E-state index contributed by atoms with van der Waals surface area (Å²) in [5, 5.41) is 53.8. The lowest BCUT2D eigenvalue weighted by molar-refractivity contribution is -0.223. The molecule has 6 N–H and O–H groups in total. The zero-order chi connectivity index (χ0) is 9.46. The maximum absolute atomic E-state index is 8.97. The van der Waals surface area contributed by atoms with E-state index >= 15 is 0 Å². The highest BCUT2D eigenvalue weighted by molar-refractivity contribution is 4.98. The first-order valence-corrected chi connectivity index (χ1v) is 3.55. The number of aliphatic hydroxyl groups is 6. The molecule has 0 radical (unpaired) electrons. The topological polar surface area (TPSA) is 121 Å². The van der Waals surface area contributed by atoms with Crippen molar-refractivity contribution in [1.82, 2.24) is 0 Å². The quantitative estimate of drug-likeness (QED) is 0.227. The molecule has 0 amide bonds. The Balaban J connectivity index is 2.76. The van der Waals surface area contributed by atoms with E-state index in [1.54, 1.807) is 0 Å². The summed E-state index contributed by atoms with van der Waals surface area (Å²) < 4.78 is 0. The molecule has 0 aliphatic heterocycles. The third-order valence-electron chi connectivity index (χ3n) is 2.10. The van der Waals surface area contributed by atoms with Gasteiger partial charge in [-0.25, -0.2) is 0 Å². The molecule has 12 heavy (non-hydrogen) atoms. The van der Waals surface area contributed by atoms with Crippen LogP contribution in [0.2, 0.25) is 0 Å². The summed E-state index contributed by atoms with van der Waals surface area (Å²) in [5.41, 5.74) is 0. The summed E-state index contributed by atoms with van der Waals surface area (Å²) in [6.07, 6.45) is -9.84. The van der Waals surface area contributed by atoms with Gasteiger partial charge < -0.3 is 30.6 Å². The third kappa shape index (κ3) is 1.33. The second-order valence-electron chi connectivity index (χ2n) is 2.94. The molecule has 1 aliphatic rings. The summed E-state index contributed by atoms with van der Waals surface area (Å²) in [5.74, 6) is 0. The predicted octanol–water partition coefficient (Wildman–Crippen LogP) is -3.83. The van der Waals surface area contributed by atoms with Gasteiger partial charge in [0.2, 0.25) is 0 Å². The van der Waals surface area contributed by atoms with Crippen LogP contribution in [0.4, 0.5) is 0 Å². The number of hydrogen-bond acceptors (Lipinski definition) is 6. The minimum atomic E-state index is -1.64. The van der Waals surface area contributed by atoms with Crippen molar-refractivity contribution in [3.05, 3.63) is 0 Å². The Morgan fingerprint density at radius 2 is 0.417 bits per heavy atom. The molecule has 0 saturated heterocycles. The second-order valence-corrected chi connectivity index (χ2v) is 2.94. The average Bonchev–Trinajstić information content (AvgIpc) is 2.08. The Bertz CT molecular complexity index is 104. The van der Waals surface area contributed by atoms with Gasteiger partial charge in [-0.05, 0) is 0 Å². The van der Waals surface area contributed by atoms with Gasteiger partial charge in [0.15, 0.2) is 0 Å². The molecule has 1 aliphatic carbocycles. The molecule has 0 unspecified atom stereocenters. The molecule has 0 spiro atoms. The van der Waals surface area contributed by atoms with Crippen LogP contribution >= 0.6 is 0 Å². The van der Waals surface area contributed by atoms with Crippen LogP contribution in [0.15, 0.2) is 0 Å². The third-order valence-corrected chi connectivity index (χ3v) is 2.10. The monoisotopic (exact) mass is 180 g/mol. The number of rotatable bonds is 0. The van der Waals surface area contributed by atoms with Crippen LogP contribution in [0.3, 0.4) is 0 Å². The molecule has 72 valence electrons. The van der Waals surface area contributed by atoms with Gasteiger partial charge in [0.25, 0.3) is 0 Å².